The Kier molecular flexibility index (Phi) is 7.45. The van der Waals surface area contributed by atoms with Crippen molar-refractivity contribution < 1.29 is 27.6 Å². The smallest absolute Gasteiger partial charge is 0.416 e. The third kappa shape index (κ3) is 6.15. The molecule has 11 heteroatoms. The molecular weight excluding hydrogens is 484 g/mol. The summed E-state index contributed by atoms with van der Waals surface area (Å²) in [5.74, 6) is 0.133. The lowest BCUT2D eigenvalue weighted by Crippen LogP contribution is -2.06. The number of hydrogen-bond acceptors (Lipinski definition) is 5. The lowest BCUT2D eigenvalue weighted by atomic mass is 10.1. The number of nitrogens with zero attached hydrogens (tertiary/aromatic N) is 2. The van der Waals surface area contributed by atoms with E-state index in [1.807, 2.05) is 6.92 Å². The summed E-state index contributed by atoms with van der Waals surface area (Å²) in [6.45, 7) is 2.42. The van der Waals surface area contributed by atoms with Crippen LogP contribution in [0, 0.1) is 10.1 Å². The van der Waals surface area contributed by atoms with Crippen LogP contribution in [0.1, 0.15) is 18.1 Å². The Labute approximate surface area is 196 Å². The number of alkyl halides is 3. The summed E-state index contributed by atoms with van der Waals surface area (Å²) in [5.41, 5.74) is -0.905. The van der Waals surface area contributed by atoms with E-state index in [2.05, 4.69) is 4.99 Å². The predicted octanol–water partition coefficient (Wildman–Crippen LogP) is 7.86. The monoisotopic (exact) mass is 498 g/mol. The molecule has 0 spiro atoms. The molecule has 3 rings (SSSR count). The number of nitro groups is 1. The van der Waals surface area contributed by atoms with Crippen molar-refractivity contribution >= 4 is 40.8 Å². The van der Waals surface area contributed by atoms with E-state index in [0.29, 0.717) is 35.7 Å². The molecule has 0 bridgehead atoms. The zero-order valence-corrected chi connectivity index (χ0v) is 18.4. The molecule has 0 unspecified atom stereocenters. The van der Waals surface area contributed by atoms with Crippen molar-refractivity contribution in [2.75, 3.05) is 6.61 Å². The average molecular weight is 499 g/mol. The Morgan fingerprint density at radius 3 is 2.24 bits per heavy atom. The minimum atomic E-state index is -4.75. The molecule has 0 saturated carbocycles. The summed E-state index contributed by atoms with van der Waals surface area (Å²) in [6, 6.07) is 11.9. The van der Waals surface area contributed by atoms with Gasteiger partial charge in [-0.25, -0.2) is 0 Å². The first-order valence-electron chi connectivity index (χ1n) is 9.38. The van der Waals surface area contributed by atoms with Crippen LogP contribution in [-0.2, 0) is 6.18 Å². The number of benzene rings is 3. The normalized spacial score (nSPS) is 11.6. The van der Waals surface area contributed by atoms with E-state index in [4.69, 9.17) is 32.7 Å². The molecule has 6 nitrogen and oxygen atoms in total. The molecule has 172 valence electrons. The molecule has 0 saturated heterocycles. The van der Waals surface area contributed by atoms with Gasteiger partial charge in [0.1, 0.15) is 5.75 Å². The van der Waals surface area contributed by atoms with E-state index >= 15 is 0 Å². The second kappa shape index (κ2) is 10.1. The van der Waals surface area contributed by atoms with Gasteiger partial charge in [-0.05, 0) is 61.0 Å². The molecule has 0 amide bonds. The van der Waals surface area contributed by atoms with Gasteiger partial charge in [0.05, 0.1) is 32.8 Å². The molecule has 0 aliphatic carbocycles. The highest BCUT2D eigenvalue weighted by Gasteiger charge is 2.33. The topological polar surface area (TPSA) is 74.0 Å². The van der Waals surface area contributed by atoms with Crippen molar-refractivity contribution in [2.45, 2.75) is 13.1 Å². The number of hydrogen-bond donors (Lipinski definition) is 0. The molecule has 0 fully saturated rings. The maximum Gasteiger partial charge on any atom is 0.416 e. The first-order valence-corrected chi connectivity index (χ1v) is 10.1. The fraction of sp³-hybridized carbons (Fsp3) is 0.136. The van der Waals surface area contributed by atoms with Crippen molar-refractivity contribution in [3.63, 3.8) is 0 Å². The van der Waals surface area contributed by atoms with Gasteiger partial charge >= 0.3 is 11.9 Å². The maximum absolute atomic E-state index is 12.9. The lowest BCUT2D eigenvalue weighted by molar-refractivity contribution is -0.385. The van der Waals surface area contributed by atoms with E-state index in [9.17, 15) is 23.3 Å². The summed E-state index contributed by atoms with van der Waals surface area (Å²) in [7, 11) is 0. The van der Waals surface area contributed by atoms with Gasteiger partial charge in [0, 0.05) is 12.3 Å². The Hall–Kier alpha value is -3.30. The van der Waals surface area contributed by atoms with Gasteiger partial charge in [0.2, 0.25) is 5.75 Å². The third-order valence-corrected chi connectivity index (χ3v) is 4.79. The maximum atomic E-state index is 12.9. The highest BCUT2D eigenvalue weighted by atomic mass is 35.5. The van der Waals surface area contributed by atoms with Crippen LogP contribution in [-0.4, -0.2) is 17.7 Å². The lowest BCUT2D eigenvalue weighted by Gasteiger charge is -2.12. The van der Waals surface area contributed by atoms with E-state index in [-0.39, 0.29) is 15.8 Å². The van der Waals surface area contributed by atoms with Crippen molar-refractivity contribution in [3.8, 4) is 17.2 Å². The zero-order chi connectivity index (χ0) is 24.2. The number of halogens is 5. The molecule has 0 aromatic heterocycles. The average Bonchev–Trinajstić information content (AvgIpc) is 2.75. The fourth-order valence-electron chi connectivity index (χ4n) is 2.73. The van der Waals surface area contributed by atoms with Gasteiger partial charge in [-0.15, -0.1) is 0 Å². The molecule has 0 aliphatic rings. The van der Waals surface area contributed by atoms with E-state index < -0.39 is 28.1 Å². The van der Waals surface area contributed by atoms with Crippen molar-refractivity contribution in [3.05, 3.63) is 85.9 Å². The predicted molar refractivity (Wildman–Crippen MR) is 119 cm³/mol. The summed E-state index contributed by atoms with van der Waals surface area (Å²) in [6.07, 6.45) is -3.25. The van der Waals surface area contributed by atoms with Gasteiger partial charge in [-0.2, -0.15) is 13.2 Å². The van der Waals surface area contributed by atoms with Crippen LogP contribution in [0.2, 0.25) is 10.0 Å². The highest BCUT2D eigenvalue weighted by Crippen LogP contribution is 2.42. The second-order valence-corrected chi connectivity index (χ2v) is 7.35. The van der Waals surface area contributed by atoms with E-state index in [1.165, 1.54) is 18.3 Å². The van der Waals surface area contributed by atoms with Gasteiger partial charge in [0.15, 0.2) is 5.75 Å². The van der Waals surface area contributed by atoms with Gasteiger partial charge < -0.3 is 9.47 Å². The van der Waals surface area contributed by atoms with E-state index in [1.54, 1.807) is 24.3 Å². The summed E-state index contributed by atoms with van der Waals surface area (Å²) >= 11 is 12.4. The minimum absolute atomic E-state index is 0.00941. The van der Waals surface area contributed by atoms with Crippen LogP contribution in [0.25, 0.3) is 0 Å². The molecule has 0 aliphatic heterocycles. The summed E-state index contributed by atoms with van der Waals surface area (Å²) < 4.78 is 49.5. The van der Waals surface area contributed by atoms with Gasteiger partial charge in [0.25, 0.3) is 0 Å². The molecule has 3 aromatic rings. The van der Waals surface area contributed by atoms with Crippen molar-refractivity contribution in [1.29, 1.82) is 0 Å². The Morgan fingerprint density at radius 1 is 1.06 bits per heavy atom. The van der Waals surface area contributed by atoms with Crippen molar-refractivity contribution in [1.82, 2.24) is 0 Å². The minimum Gasteiger partial charge on any atom is -0.494 e. The summed E-state index contributed by atoms with van der Waals surface area (Å²) in [4.78, 5) is 14.6. The van der Waals surface area contributed by atoms with Crippen LogP contribution in [0.5, 0.6) is 17.2 Å². The standard InChI is InChI=1S/C22H15Cl2F3N2O4/c1-2-32-16-6-4-15(5-7-16)28-12-13-9-17(23)21(18(24)10-13)33-20-8-3-14(22(25,26)27)11-19(20)29(30)31/h3-12H,2H2,1H3. The molecule has 0 radical (unpaired) electrons. The van der Waals surface area contributed by atoms with Gasteiger partial charge in [-0.1, -0.05) is 23.2 Å². The highest BCUT2D eigenvalue weighted by molar-refractivity contribution is 6.37. The van der Waals surface area contributed by atoms with Crippen LogP contribution in [0.4, 0.5) is 24.5 Å². The molecule has 33 heavy (non-hydrogen) atoms. The number of rotatable bonds is 7. The molecule has 0 N–H and O–H groups in total. The van der Waals surface area contributed by atoms with Crippen LogP contribution < -0.4 is 9.47 Å². The van der Waals surface area contributed by atoms with Gasteiger partial charge in [-0.3, -0.25) is 15.1 Å². The Balaban J connectivity index is 1.85. The zero-order valence-electron chi connectivity index (χ0n) is 16.9. The van der Waals surface area contributed by atoms with Crippen molar-refractivity contribution in [2.24, 2.45) is 4.99 Å². The first kappa shape index (κ1) is 24.3. The van der Waals surface area contributed by atoms with Crippen LogP contribution in [0.15, 0.2) is 59.6 Å². The number of aliphatic imine (C=N–C) groups is 1. The fourth-order valence-corrected chi connectivity index (χ4v) is 3.31. The molecule has 0 heterocycles. The molecular formula is C22H15Cl2F3N2O4. The quantitative estimate of drug-likeness (QED) is 0.188. The summed E-state index contributed by atoms with van der Waals surface area (Å²) in [5, 5.41) is 11.2. The van der Waals surface area contributed by atoms with Crippen LogP contribution in [0.3, 0.4) is 0 Å². The SMILES string of the molecule is CCOc1ccc(N=Cc2cc(Cl)c(Oc3ccc(C(F)(F)F)cc3[N+](=O)[O-])c(Cl)c2)cc1. The number of nitro benzene ring substituents is 1. The molecule has 3 aromatic carbocycles. The number of ether oxygens (including phenoxy) is 2. The third-order valence-electron chi connectivity index (χ3n) is 4.23. The largest absolute Gasteiger partial charge is 0.494 e. The molecule has 0 atom stereocenters. The second-order valence-electron chi connectivity index (χ2n) is 6.54. The van der Waals surface area contributed by atoms with E-state index in [0.717, 1.165) is 6.07 Å². The Morgan fingerprint density at radius 2 is 1.70 bits per heavy atom. The first-order chi connectivity index (χ1) is 15.6. The Bertz CT molecular complexity index is 1180. The van der Waals surface area contributed by atoms with Crippen LogP contribution >= 0.6 is 23.2 Å².